The zero-order valence-corrected chi connectivity index (χ0v) is 14.3. The maximum Gasteiger partial charge on any atom is 0.310 e. The Bertz CT molecular complexity index is 654. The van der Waals surface area contributed by atoms with E-state index >= 15 is 0 Å². The molecule has 1 saturated carbocycles. The van der Waals surface area contributed by atoms with Gasteiger partial charge in [-0.3, -0.25) is 4.79 Å². The molecule has 1 aliphatic heterocycles. The van der Waals surface area contributed by atoms with E-state index in [1.54, 1.807) is 13.8 Å². The molecule has 1 atom stereocenters. The first-order chi connectivity index (χ1) is 10.3. The van der Waals surface area contributed by atoms with Gasteiger partial charge in [-0.05, 0) is 51.0 Å². The summed E-state index contributed by atoms with van der Waals surface area (Å²) in [6, 6.07) is 7.35. The van der Waals surface area contributed by atoms with Crippen LogP contribution in [-0.4, -0.2) is 37.7 Å². The number of carbonyl (C=O) groups is 1. The number of benzene rings is 1. The number of halogens is 1. The minimum absolute atomic E-state index is 0.198. The van der Waals surface area contributed by atoms with Gasteiger partial charge in [0, 0.05) is 22.9 Å². The van der Waals surface area contributed by atoms with Gasteiger partial charge in [-0.15, -0.1) is 5.06 Å². The highest BCUT2D eigenvalue weighted by Crippen LogP contribution is 2.41. The zero-order chi connectivity index (χ0) is 16.1. The normalized spacial score (nSPS) is 28.6. The van der Waals surface area contributed by atoms with E-state index in [0.717, 1.165) is 32.7 Å². The van der Waals surface area contributed by atoms with Gasteiger partial charge in [0.05, 0.1) is 0 Å². The summed E-state index contributed by atoms with van der Waals surface area (Å²) in [5.41, 5.74) is -1.25. The molecule has 1 aromatic carbocycles. The van der Waals surface area contributed by atoms with Crippen molar-refractivity contribution in [2.45, 2.75) is 50.7 Å². The van der Waals surface area contributed by atoms with Crippen molar-refractivity contribution in [1.82, 2.24) is 5.06 Å². The average molecular weight is 367 g/mol. The molecule has 0 amide bonds. The highest BCUT2D eigenvalue weighted by Gasteiger charge is 2.66. The Hall–Kier alpha value is -1.24. The molecule has 1 aromatic rings. The lowest BCUT2D eigenvalue weighted by Gasteiger charge is -2.36. The van der Waals surface area contributed by atoms with Gasteiger partial charge in [-0.25, -0.2) is 0 Å². The summed E-state index contributed by atoms with van der Waals surface area (Å²) >= 11 is 3.37. The van der Waals surface area contributed by atoms with Gasteiger partial charge in [0.25, 0.3) is 0 Å². The number of rotatable bonds is 1. The Labute approximate surface area is 137 Å². The van der Waals surface area contributed by atoms with Crippen LogP contribution in [0.25, 0.3) is 0 Å². The Morgan fingerprint density at radius 3 is 2.50 bits per heavy atom. The molecule has 0 aromatic heterocycles. The summed E-state index contributed by atoms with van der Waals surface area (Å²) in [4.78, 5) is 12.5. The molecule has 5 nitrogen and oxygen atoms in total. The van der Waals surface area contributed by atoms with Crippen molar-refractivity contribution >= 4 is 27.4 Å². The topological polar surface area (TPSA) is 66.6 Å². The Morgan fingerprint density at radius 1 is 1.27 bits per heavy atom. The highest BCUT2D eigenvalue weighted by atomic mass is 79.9. The predicted octanol–water partition coefficient (Wildman–Crippen LogP) is 3.07. The Kier molecular flexibility index (Phi) is 3.66. The van der Waals surface area contributed by atoms with E-state index in [1.807, 2.05) is 24.3 Å². The number of ketones is 1. The molecule has 22 heavy (non-hydrogen) atoms. The average Bonchev–Trinajstić information content (AvgIpc) is 2.62. The van der Waals surface area contributed by atoms with Crippen LogP contribution in [0.1, 0.15) is 45.1 Å². The van der Waals surface area contributed by atoms with E-state index < -0.39 is 11.2 Å². The quantitative estimate of drug-likeness (QED) is 0.612. The summed E-state index contributed by atoms with van der Waals surface area (Å²) in [5, 5.41) is 24.7. The van der Waals surface area contributed by atoms with Gasteiger partial charge in [0.15, 0.2) is 0 Å². The van der Waals surface area contributed by atoms with Crippen molar-refractivity contribution in [2.24, 2.45) is 0 Å². The first-order valence-corrected chi connectivity index (χ1v) is 8.24. The second-order valence-electron chi connectivity index (χ2n) is 6.47. The van der Waals surface area contributed by atoms with Crippen molar-refractivity contribution < 1.29 is 14.7 Å². The molecule has 1 spiro atoms. The highest BCUT2D eigenvalue weighted by molar-refractivity contribution is 9.10. The lowest BCUT2D eigenvalue weighted by Crippen LogP contribution is -2.60. The van der Waals surface area contributed by atoms with Crippen molar-refractivity contribution in [1.29, 1.82) is 0 Å². The summed E-state index contributed by atoms with van der Waals surface area (Å²) in [6.07, 6.45) is 2.22. The second kappa shape index (κ2) is 5.15. The largest absolute Gasteiger partial charge is 0.622 e. The van der Waals surface area contributed by atoms with Crippen LogP contribution in [-0.2, 0) is 4.79 Å². The van der Waals surface area contributed by atoms with Gasteiger partial charge < -0.3 is 10.4 Å². The van der Waals surface area contributed by atoms with Crippen LogP contribution in [0.5, 0.6) is 0 Å². The standard InChI is InChI=1S/C16H19BrN2O3/c1-15(2)14(11-6-8-12(17)9-7-11)18(21)16(19(15)22)10-4-3-5-13(16)20/h6-9,22H,3-5,10H2,1-2H3. The molecular weight excluding hydrogens is 348 g/mol. The predicted molar refractivity (Wildman–Crippen MR) is 85.8 cm³/mol. The van der Waals surface area contributed by atoms with Gasteiger partial charge >= 0.3 is 5.66 Å². The van der Waals surface area contributed by atoms with E-state index in [2.05, 4.69) is 15.9 Å². The van der Waals surface area contributed by atoms with Crippen LogP contribution in [0.4, 0.5) is 0 Å². The molecule has 1 aliphatic carbocycles. The smallest absolute Gasteiger partial charge is 0.310 e. The number of nitrogens with zero attached hydrogens (tertiary/aromatic N) is 2. The van der Waals surface area contributed by atoms with Crippen molar-refractivity contribution in [3.63, 3.8) is 0 Å². The molecule has 2 aliphatic rings. The van der Waals surface area contributed by atoms with Crippen LogP contribution in [0.2, 0.25) is 0 Å². The molecule has 0 bridgehead atoms. The molecule has 0 saturated heterocycles. The first-order valence-electron chi connectivity index (χ1n) is 7.45. The lowest BCUT2D eigenvalue weighted by atomic mass is 9.86. The summed E-state index contributed by atoms with van der Waals surface area (Å²) in [7, 11) is 0. The summed E-state index contributed by atoms with van der Waals surface area (Å²) in [6.45, 7) is 3.54. The molecule has 1 fully saturated rings. The van der Waals surface area contributed by atoms with Gasteiger partial charge in [-0.2, -0.15) is 4.74 Å². The maximum absolute atomic E-state index is 13.0. The number of hydroxylamine groups is 3. The third-order valence-corrected chi connectivity index (χ3v) is 5.27. The SMILES string of the molecule is CC1(C)C(c2ccc(Br)cc2)=[N+]([O-])C2(CCCCC2=O)N1O. The third kappa shape index (κ3) is 1.97. The number of hydrogen-bond acceptors (Lipinski definition) is 4. The molecule has 0 radical (unpaired) electrons. The fraction of sp³-hybridized carbons (Fsp3) is 0.500. The maximum atomic E-state index is 13.0. The van der Waals surface area contributed by atoms with E-state index in [0.29, 0.717) is 18.6 Å². The van der Waals surface area contributed by atoms with Crippen LogP contribution in [0.3, 0.4) is 0 Å². The van der Waals surface area contributed by atoms with E-state index in [-0.39, 0.29) is 5.78 Å². The second-order valence-corrected chi connectivity index (χ2v) is 7.38. The molecule has 118 valence electrons. The van der Waals surface area contributed by atoms with Crippen LogP contribution in [0, 0.1) is 5.21 Å². The van der Waals surface area contributed by atoms with Gasteiger partial charge in [0.1, 0.15) is 5.54 Å². The zero-order valence-electron chi connectivity index (χ0n) is 12.7. The molecule has 1 unspecified atom stereocenters. The van der Waals surface area contributed by atoms with Crippen LogP contribution < -0.4 is 0 Å². The molecular formula is C16H19BrN2O3. The van der Waals surface area contributed by atoms with Crippen molar-refractivity contribution in [3.05, 3.63) is 39.5 Å². The van der Waals surface area contributed by atoms with Crippen LogP contribution >= 0.6 is 15.9 Å². The summed E-state index contributed by atoms with van der Waals surface area (Å²) in [5.74, 6) is -0.198. The Balaban J connectivity index is 2.20. The number of hydrogen-bond donors (Lipinski definition) is 1. The molecule has 1 N–H and O–H groups in total. The fourth-order valence-electron chi connectivity index (χ4n) is 3.60. The van der Waals surface area contributed by atoms with E-state index in [9.17, 15) is 15.2 Å². The number of Topliss-reactive ketones (excluding diaryl/α,β-unsaturated/α-hetero) is 1. The lowest BCUT2D eigenvalue weighted by molar-refractivity contribution is -0.573. The molecule has 6 heteroatoms. The van der Waals surface area contributed by atoms with Gasteiger partial charge in [0.2, 0.25) is 11.5 Å². The van der Waals surface area contributed by atoms with Gasteiger partial charge in [-0.1, -0.05) is 15.9 Å². The van der Waals surface area contributed by atoms with Crippen molar-refractivity contribution in [2.75, 3.05) is 0 Å². The van der Waals surface area contributed by atoms with Crippen molar-refractivity contribution in [3.8, 4) is 0 Å². The fourth-order valence-corrected chi connectivity index (χ4v) is 3.86. The minimum atomic E-state index is -1.47. The minimum Gasteiger partial charge on any atom is -0.622 e. The molecule has 1 heterocycles. The number of carbonyl (C=O) groups excluding carboxylic acids is 1. The molecule has 3 rings (SSSR count). The summed E-state index contributed by atoms with van der Waals surface area (Å²) < 4.78 is 1.66. The van der Waals surface area contributed by atoms with E-state index in [4.69, 9.17) is 0 Å². The van der Waals surface area contributed by atoms with E-state index in [1.165, 1.54) is 0 Å². The Morgan fingerprint density at radius 2 is 1.91 bits per heavy atom. The third-order valence-electron chi connectivity index (χ3n) is 4.74. The monoisotopic (exact) mass is 366 g/mol. The van der Waals surface area contributed by atoms with Crippen LogP contribution in [0.15, 0.2) is 28.7 Å². The first kappa shape index (κ1) is 15.6.